The van der Waals surface area contributed by atoms with Crippen LogP contribution in [0.15, 0.2) is 60.7 Å². The van der Waals surface area contributed by atoms with Crippen molar-refractivity contribution >= 4 is 23.8 Å². The molecule has 2 aromatic carbocycles. The molecule has 2 aromatic rings. The summed E-state index contributed by atoms with van der Waals surface area (Å²) in [4.78, 5) is 52.1. The van der Waals surface area contributed by atoms with Crippen LogP contribution in [0.4, 0.5) is 4.79 Å². The van der Waals surface area contributed by atoms with Crippen LogP contribution in [-0.2, 0) is 32.0 Å². The van der Waals surface area contributed by atoms with E-state index in [2.05, 4.69) is 21.3 Å². The Morgan fingerprint density at radius 2 is 1.13 bits per heavy atom. The molecule has 0 fully saturated rings. The predicted octanol–water partition coefficient (Wildman–Crippen LogP) is 3.13. The molecule has 39 heavy (non-hydrogen) atoms. The lowest BCUT2D eigenvalue weighted by atomic mass is 10.0. The third-order valence-electron chi connectivity index (χ3n) is 5.79. The van der Waals surface area contributed by atoms with E-state index in [1.807, 2.05) is 74.5 Å². The van der Waals surface area contributed by atoms with Crippen LogP contribution < -0.4 is 21.3 Å². The van der Waals surface area contributed by atoms with E-state index >= 15 is 0 Å². The lowest BCUT2D eigenvalue weighted by Gasteiger charge is -2.27. The van der Waals surface area contributed by atoms with Gasteiger partial charge in [0.2, 0.25) is 17.7 Å². The summed E-state index contributed by atoms with van der Waals surface area (Å²) in [6.45, 7) is 9.13. The van der Waals surface area contributed by atoms with Crippen molar-refractivity contribution in [2.45, 2.75) is 77.6 Å². The average molecular weight is 539 g/mol. The van der Waals surface area contributed by atoms with Gasteiger partial charge in [0.25, 0.3) is 0 Å². The molecule has 0 unspecified atom stereocenters. The molecule has 3 atom stereocenters. The molecule has 0 saturated heterocycles. The quantitative estimate of drug-likeness (QED) is 0.330. The summed E-state index contributed by atoms with van der Waals surface area (Å²) in [6.07, 6.45) is 0.0956. The second-order valence-corrected chi connectivity index (χ2v) is 10.9. The number of alkyl carbamates (subject to hydrolysis) is 1. The number of carbonyl (C=O) groups is 4. The highest BCUT2D eigenvalue weighted by molar-refractivity contribution is 5.94. The number of hydrogen-bond donors (Lipinski definition) is 4. The van der Waals surface area contributed by atoms with Crippen molar-refractivity contribution in [3.05, 3.63) is 71.8 Å². The first-order valence-electron chi connectivity index (χ1n) is 13.3. The zero-order valence-electron chi connectivity index (χ0n) is 23.7. The van der Waals surface area contributed by atoms with Crippen LogP contribution in [-0.4, -0.2) is 54.6 Å². The molecular weight excluding hydrogens is 496 g/mol. The number of hydrogen-bond acceptors (Lipinski definition) is 5. The first-order chi connectivity index (χ1) is 18.4. The molecule has 9 nitrogen and oxygen atoms in total. The number of ether oxygens (including phenoxy) is 1. The predicted molar refractivity (Wildman–Crippen MR) is 151 cm³/mol. The molecule has 0 aliphatic rings. The molecule has 0 heterocycles. The maximum atomic E-state index is 13.6. The van der Waals surface area contributed by atoms with E-state index < -0.39 is 41.6 Å². The van der Waals surface area contributed by atoms with Gasteiger partial charge in [-0.2, -0.15) is 0 Å². The summed E-state index contributed by atoms with van der Waals surface area (Å²) < 4.78 is 5.38. The first-order valence-corrected chi connectivity index (χ1v) is 13.3. The van der Waals surface area contributed by atoms with Crippen LogP contribution in [0.2, 0.25) is 0 Å². The first kappa shape index (κ1) is 31.3. The minimum Gasteiger partial charge on any atom is -0.444 e. The van der Waals surface area contributed by atoms with Crippen molar-refractivity contribution < 1.29 is 23.9 Å². The van der Waals surface area contributed by atoms with E-state index in [1.54, 1.807) is 20.8 Å². The lowest BCUT2D eigenvalue weighted by molar-refractivity contribution is -0.132. The van der Waals surface area contributed by atoms with Crippen LogP contribution in [0.25, 0.3) is 0 Å². The van der Waals surface area contributed by atoms with Gasteiger partial charge in [-0.3, -0.25) is 14.4 Å². The molecule has 0 aliphatic carbocycles. The Hall–Kier alpha value is -3.88. The Balaban J connectivity index is 2.30. The topological polar surface area (TPSA) is 126 Å². The fourth-order valence-corrected chi connectivity index (χ4v) is 3.99. The van der Waals surface area contributed by atoms with E-state index in [0.29, 0.717) is 6.42 Å². The maximum Gasteiger partial charge on any atom is 0.408 e. The Labute approximate surface area is 231 Å². The van der Waals surface area contributed by atoms with Gasteiger partial charge < -0.3 is 26.0 Å². The third-order valence-corrected chi connectivity index (χ3v) is 5.79. The minimum absolute atomic E-state index is 0.156. The Bertz CT molecular complexity index is 1080. The Morgan fingerprint density at radius 3 is 1.54 bits per heavy atom. The monoisotopic (exact) mass is 538 g/mol. The minimum atomic E-state index is -1.00. The van der Waals surface area contributed by atoms with Gasteiger partial charge >= 0.3 is 6.09 Å². The van der Waals surface area contributed by atoms with Crippen LogP contribution >= 0.6 is 0 Å². The molecule has 0 aromatic heterocycles. The van der Waals surface area contributed by atoms with Crippen LogP contribution in [0.3, 0.4) is 0 Å². The standard InChI is InChI=1S/C30H42N4O5/c1-20(2)17-23(26(35)31-6)32-27(36)24(18-21-13-9-7-10-14-21)33-28(37)25(19-22-15-11-8-12-16-22)34-29(38)39-30(3,4)5/h7-16,20,23-25H,17-19H2,1-6H3,(H,31,35)(H,32,36)(H,33,37)(H,34,38)/t23-,24-,25-/m1/s1. The van der Waals surface area contributed by atoms with Gasteiger partial charge in [-0.25, -0.2) is 4.79 Å². The molecule has 4 amide bonds. The van der Waals surface area contributed by atoms with E-state index in [0.717, 1.165) is 11.1 Å². The van der Waals surface area contributed by atoms with Crippen molar-refractivity contribution in [3.63, 3.8) is 0 Å². The second-order valence-electron chi connectivity index (χ2n) is 10.9. The highest BCUT2D eigenvalue weighted by Gasteiger charge is 2.31. The normalized spacial score (nSPS) is 13.5. The van der Waals surface area contributed by atoms with Gasteiger partial charge in [0, 0.05) is 19.9 Å². The number of benzene rings is 2. The fraction of sp³-hybridized carbons (Fsp3) is 0.467. The van der Waals surface area contributed by atoms with Crippen molar-refractivity contribution in [2.24, 2.45) is 5.92 Å². The third kappa shape index (κ3) is 11.6. The second kappa shape index (κ2) is 14.9. The number of rotatable bonds is 12. The molecule has 2 rings (SSSR count). The van der Waals surface area contributed by atoms with E-state index in [1.165, 1.54) is 7.05 Å². The van der Waals surface area contributed by atoms with Gasteiger partial charge in [-0.1, -0.05) is 74.5 Å². The maximum absolute atomic E-state index is 13.6. The van der Waals surface area contributed by atoms with Crippen molar-refractivity contribution in [1.82, 2.24) is 21.3 Å². The van der Waals surface area contributed by atoms with Gasteiger partial charge in [0.15, 0.2) is 0 Å². The highest BCUT2D eigenvalue weighted by atomic mass is 16.6. The van der Waals surface area contributed by atoms with Crippen molar-refractivity contribution in [2.75, 3.05) is 7.05 Å². The number of amides is 4. The smallest absolute Gasteiger partial charge is 0.408 e. The van der Waals surface area contributed by atoms with E-state index in [4.69, 9.17) is 4.74 Å². The summed E-state index contributed by atoms with van der Waals surface area (Å²) >= 11 is 0. The van der Waals surface area contributed by atoms with Gasteiger partial charge in [0.1, 0.15) is 23.7 Å². The van der Waals surface area contributed by atoms with Crippen LogP contribution in [0.5, 0.6) is 0 Å². The molecule has 0 bridgehead atoms. The van der Waals surface area contributed by atoms with Crippen molar-refractivity contribution in [3.8, 4) is 0 Å². The average Bonchev–Trinajstić information content (AvgIpc) is 2.86. The molecular formula is C30H42N4O5. The summed E-state index contributed by atoms with van der Waals surface area (Å²) in [5, 5.41) is 10.9. The van der Waals surface area contributed by atoms with Gasteiger partial charge in [0.05, 0.1) is 0 Å². The Kier molecular flexibility index (Phi) is 12.0. The summed E-state index contributed by atoms with van der Waals surface area (Å²) in [7, 11) is 1.52. The summed E-state index contributed by atoms with van der Waals surface area (Å²) in [5.74, 6) is -1.18. The SMILES string of the molecule is CNC(=O)[C@@H](CC(C)C)NC(=O)[C@@H](Cc1ccccc1)NC(=O)[C@@H](Cc1ccccc1)NC(=O)OC(C)(C)C. The number of nitrogens with one attached hydrogen (secondary N) is 4. The van der Waals surface area contributed by atoms with Crippen molar-refractivity contribution in [1.29, 1.82) is 0 Å². The lowest BCUT2D eigenvalue weighted by Crippen LogP contribution is -2.58. The van der Waals surface area contributed by atoms with Crippen LogP contribution in [0, 0.1) is 5.92 Å². The molecule has 4 N–H and O–H groups in total. The van der Waals surface area contributed by atoms with Crippen LogP contribution in [0.1, 0.15) is 52.2 Å². The van der Waals surface area contributed by atoms with Gasteiger partial charge in [-0.15, -0.1) is 0 Å². The number of likely N-dealkylation sites (N-methyl/N-ethyl adjacent to an activating group) is 1. The number of carbonyl (C=O) groups excluding carboxylic acids is 4. The fourth-order valence-electron chi connectivity index (χ4n) is 3.99. The zero-order chi connectivity index (χ0) is 29.0. The molecule has 0 spiro atoms. The van der Waals surface area contributed by atoms with Gasteiger partial charge in [-0.05, 0) is 44.2 Å². The molecule has 0 radical (unpaired) electrons. The molecule has 0 saturated carbocycles. The molecule has 9 heteroatoms. The highest BCUT2D eigenvalue weighted by Crippen LogP contribution is 2.11. The van der Waals surface area contributed by atoms with E-state index in [-0.39, 0.29) is 24.7 Å². The molecule has 0 aliphatic heterocycles. The van der Waals surface area contributed by atoms with E-state index in [9.17, 15) is 19.2 Å². The largest absolute Gasteiger partial charge is 0.444 e. The summed E-state index contributed by atoms with van der Waals surface area (Å²) in [5.41, 5.74) is 0.909. The Morgan fingerprint density at radius 1 is 0.692 bits per heavy atom. The zero-order valence-corrected chi connectivity index (χ0v) is 23.7. The summed E-state index contributed by atoms with van der Waals surface area (Å²) in [6, 6.07) is 15.8. The molecule has 212 valence electrons.